The number of sulfonamides is 1. The van der Waals surface area contributed by atoms with Gasteiger partial charge in [-0.1, -0.05) is 24.3 Å². The van der Waals surface area contributed by atoms with E-state index in [4.69, 9.17) is 0 Å². The second-order valence-electron chi connectivity index (χ2n) is 7.08. The van der Waals surface area contributed by atoms with Gasteiger partial charge in [-0.15, -0.1) is 0 Å². The summed E-state index contributed by atoms with van der Waals surface area (Å²) in [7, 11) is -3.75. The quantitative estimate of drug-likeness (QED) is 0.626. The zero-order valence-electron chi connectivity index (χ0n) is 16.9. The van der Waals surface area contributed by atoms with Gasteiger partial charge in [-0.2, -0.15) is 0 Å². The van der Waals surface area contributed by atoms with Crippen molar-refractivity contribution in [2.24, 2.45) is 0 Å². The molecule has 0 fully saturated rings. The van der Waals surface area contributed by atoms with Crippen molar-refractivity contribution in [2.45, 2.75) is 32.6 Å². The molecule has 0 saturated heterocycles. The average Bonchev–Trinajstić information content (AvgIpc) is 2.69. The van der Waals surface area contributed by atoms with Crippen LogP contribution in [0.25, 0.3) is 0 Å². The fourth-order valence-electron chi connectivity index (χ4n) is 2.93. The molecule has 29 heavy (non-hydrogen) atoms. The van der Waals surface area contributed by atoms with E-state index < -0.39 is 10.0 Å². The molecular weight excluding hydrogens is 384 g/mol. The average molecular weight is 409 g/mol. The molecule has 2 N–H and O–H groups in total. The van der Waals surface area contributed by atoms with Gasteiger partial charge in [0.05, 0.1) is 10.6 Å². The molecule has 3 aromatic carbocycles. The lowest BCUT2D eigenvalue weighted by atomic mass is 10.1. The Morgan fingerprint density at radius 2 is 1.24 bits per heavy atom. The van der Waals surface area contributed by atoms with Gasteiger partial charge in [-0.3, -0.25) is 9.52 Å². The smallest absolute Gasteiger partial charge is 0.261 e. The Labute approximate surface area is 171 Å². The van der Waals surface area contributed by atoms with Crippen LogP contribution < -0.4 is 10.0 Å². The first-order chi connectivity index (χ1) is 13.7. The fraction of sp³-hybridized carbons (Fsp3) is 0.174. The molecule has 0 unspecified atom stereocenters. The number of anilines is 2. The monoisotopic (exact) mass is 408 g/mol. The number of carbonyl (C=O) groups is 1. The molecule has 1 amide bonds. The number of rotatable bonds is 5. The number of amides is 1. The van der Waals surface area contributed by atoms with Crippen molar-refractivity contribution in [3.05, 3.63) is 88.5 Å². The van der Waals surface area contributed by atoms with Crippen LogP contribution in [0.1, 0.15) is 32.6 Å². The van der Waals surface area contributed by atoms with Crippen molar-refractivity contribution in [3.63, 3.8) is 0 Å². The number of aryl methyl sites for hydroxylation is 2. The zero-order chi connectivity index (χ0) is 21.2. The van der Waals surface area contributed by atoms with Crippen LogP contribution in [0.3, 0.4) is 0 Å². The fourth-order valence-corrected chi connectivity index (χ4v) is 4.05. The normalized spacial score (nSPS) is 11.2. The molecule has 0 aliphatic heterocycles. The Bertz CT molecular complexity index is 1170. The van der Waals surface area contributed by atoms with Crippen LogP contribution in [-0.4, -0.2) is 14.3 Å². The number of carbonyl (C=O) groups excluding carboxylic acids is 1. The van der Waals surface area contributed by atoms with Gasteiger partial charge in [-0.05, 0) is 86.3 Å². The van der Waals surface area contributed by atoms with E-state index in [-0.39, 0.29) is 10.8 Å². The van der Waals surface area contributed by atoms with Gasteiger partial charge in [0, 0.05) is 11.3 Å². The zero-order valence-corrected chi connectivity index (χ0v) is 17.7. The van der Waals surface area contributed by atoms with Crippen molar-refractivity contribution in [3.8, 4) is 0 Å². The van der Waals surface area contributed by atoms with E-state index in [9.17, 15) is 13.2 Å². The number of hydrogen-bond donors (Lipinski definition) is 2. The molecule has 0 saturated carbocycles. The SMILES string of the molecule is Cc1cccc(NC(=O)c2ccc(S(=O)(=O)Nc3cccc(C)c3C)cc2)c1C. The molecular formula is C23H24N2O3S. The highest BCUT2D eigenvalue weighted by Crippen LogP contribution is 2.23. The van der Waals surface area contributed by atoms with Gasteiger partial charge in [0.2, 0.25) is 0 Å². The largest absolute Gasteiger partial charge is 0.322 e. The summed E-state index contributed by atoms with van der Waals surface area (Å²) in [5.74, 6) is -0.287. The number of nitrogens with one attached hydrogen (secondary N) is 2. The van der Waals surface area contributed by atoms with Crippen LogP contribution in [0.15, 0.2) is 65.6 Å². The molecule has 0 heterocycles. The predicted molar refractivity (Wildman–Crippen MR) is 117 cm³/mol. The second kappa shape index (κ2) is 8.09. The first-order valence-electron chi connectivity index (χ1n) is 9.26. The summed E-state index contributed by atoms with van der Waals surface area (Å²) >= 11 is 0. The summed E-state index contributed by atoms with van der Waals surface area (Å²) in [6.07, 6.45) is 0. The maximum absolute atomic E-state index is 12.7. The maximum atomic E-state index is 12.7. The lowest BCUT2D eigenvalue weighted by molar-refractivity contribution is 0.102. The molecule has 0 aliphatic rings. The van der Waals surface area contributed by atoms with E-state index in [0.717, 1.165) is 27.9 Å². The van der Waals surface area contributed by atoms with Crippen LogP contribution in [0.2, 0.25) is 0 Å². The van der Waals surface area contributed by atoms with Crippen LogP contribution in [0, 0.1) is 27.7 Å². The van der Waals surface area contributed by atoms with Crippen LogP contribution in [0.4, 0.5) is 11.4 Å². The molecule has 0 aliphatic carbocycles. The van der Waals surface area contributed by atoms with Gasteiger partial charge < -0.3 is 5.32 Å². The van der Waals surface area contributed by atoms with Crippen molar-refractivity contribution >= 4 is 27.3 Å². The predicted octanol–water partition coefficient (Wildman–Crippen LogP) is 4.97. The molecule has 6 heteroatoms. The molecule has 150 valence electrons. The van der Waals surface area contributed by atoms with E-state index >= 15 is 0 Å². The Kier molecular flexibility index (Phi) is 5.75. The molecule has 5 nitrogen and oxygen atoms in total. The van der Waals surface area contributed by atoms with Crippen molar-refractivity contribution in [1.82, 2.24) is 0 Å². The summed E-state index contributed by atoms with van der Waals surface area (Å²) in [4.78, 5) is 12.6. The van der Waals surface area contributed by atoms with E-state index in [1.54, 1.807) is 12.1 Å². The summed E-state index contributed by atoms with van der Waals surface area (Å²) in [6, 6.07) is 17.1. The van der Waals surface area contributed by atoms with E-state index in [0.29, 0.717) is 11.3 Å². The van der Waals surface area contributed by atoms with Crippen molar-refractivity contribution in [2.75, 3.05) is 10.0 Å². The topological polar surface area (TPSA) is 75.3 Å². The van der Waals surface area contributed by atoms with E-state index in [1.165, 1.54) is 24.3 Å². The summed E-state index contributed by atoms with van der Waals surface area (Å²) in [6.45, 7) is 7.72. The highest BCUT2D eigenvalue weighted by molar-refractivity contribution is 7.92. The van der Waals surface area contributed by atoms with E-state index in [2.05, 4.69) is 10.0 Å². The van der Waals surface area contributed by atoms with Crippen molar-refractivity contribution in [1.29, 1.82) is 0 Å². The second-order valence-corrected chi connectivity index (χ2v) is 8.76. The van der Waals surface area contributed by atoms with Crippen LogP contribution >= 0.6 is 0 Å². The third-order valence-corrected chi connectivity index (χ3v) is 6.51. The van der Waals surface area contributed by atoms with Crippen LogP contribution in [-0.2, 0) is 10.0 Å². The molecule has 3 aromatic rings. The number of hydrogen-bond acceptors (Lipinski definition) is 3. The molecule has 3 rings (SSSR count). The Morgan fingerprint density at radius 3 is 1.83 bits per heavy atom. The van der Waals surface area contributed by atoms with Gasteiger partial charge in [0.25, 0.3) is 15.9 Å². The minimum atomic E-state index is -3.75. The summed E-state index contributed by atoms with van der Waals surface area (Å²) in [5.41, 5.74) is 5.63. The molecule has 0 spiro atoms. The Hall–Kier alpha value is -3.12. The summed E-state index contributed by atoms with van der Waals surface area (Å²) < 4.78 is 28.0. The molecule has 0 atom stereocenters. The lowest BCUT2D eigenvalue weighted by Gasteiger charge is -2.13. The third kappa shape index (κ3) is 4.49. The minimum Gasteiger partial charge on any atom is -0.322 e. The Morgan fingerprint density at radius 1 is 0.724 bits per heavy atom. The Balaban J connectivity index is 1.79. The van der Waals surface area contributed by atoms with Gasteiger partial charge in [0.1, 0.15) is 0 Å². The number of benzene rings is 3. The first-order valence-corrected chi connectivity index (χ1v) is 10.7. The van der Waals surface area contributed by atoms with Gasteiger partial charge >= 0.3 is 0 Å². The van der Waals surface area contributed by atoms with Crippen molar-refractivity contribution < 1.29 is 13.2 Å². The minimum absolute atomic E-state index is 0.0988. The highest BCUT2D eigenvalue weighted by Gasteiger charge is 2.17. The van der Waals surface area contributed by atoms with Crippen LogP contribution in [0.5, 0.6) is 0 Å². The lowest BCUT2D eigenvalue weighted by Crippen LogP contribution is -2.16. The standard InChI is InChI=1S/C23H24N2O3S/c1-15-7-5-9-21(17(15)3)24-23(26)19-11-13-20(14-12-19)29(27,28)25-22-10-6-8-16(2)18(22)4/h5-14,25H,1-4H3,(H,24,26). The summed E-state index contributed by atoms with van der Waals surface area (Å²) in [5, 5.41) is 2.88. The van der Waals surface area contributed by atoms with Gasteiger partial charge in [-0.25, -0.2) is 8.42 Å². The van der Waals surface area contributed by atoms with E-state index in [1.807, 2.05) is 52.0 Å². The highest BCUT2D eigenvalue weighted by atomic mass is 32.2. The maximum Gasteiger partial charge on any atom is 0.261 e. The molecule has 0 bridgehead atoms. The first kappa shape index (κ1) is 20.6. The third-order valence-electron chi connectivity index (χ3n) is 5.13. The molecule has 0 radical (unpaired) electrons. The van der Waals surface area contributed by atoms with Gasteiger partial charge in [0.15, 0.2) is 0 Å². The molecule has 0 aromatic heterocycles.